The molecule has 9 nitrogen and oxygen atoms in total. The van der Waals surface area contributed by atoms with E-state index in [0.29, 0.717) is 44.6 Å². The monoisotopic (exact) mass is 513 g/mol. The van der Waals surface area contributed by atoms with Crippen molar-refractivity contribution in [1.82, 2.24) is 15.0 Å². The van der Waals surface area contributed by atoms with E-state index in [1.807, 2.05) is 48.5 Å². The number of aromatic nitrogens is 3. The van der Waals surface area contributed by atoms with E-state index in [4.69, 9.17) is 4.74 Å². The minimum atomic E-state index is -1.09. The van der Waals surface area contributed by atoms with Gasteiger partial charge in [-0.2, -0.15) is 0 Å². The molecule has 2 aromatic carbocycles. The highest BCUT2D eigenvalue weighted by Crippen LogP contribution is 2.54. The molecule has 1 aromatic heterocycles. The van der Waals surface area contributed by atoms with Crippen LogP contribution in [0.4, 0.5) is 11.4 Å². The molecular weight excluding hydrogens is 482 g/mol. The number of β-lactam (4-membered cyclic amide) rings is 1. The number of aliphatic hydroxyl groups excluding tert-OH is 1. The molecule has 4 atom stereocenters. The van der Waals surface area contributed by atoms with Crippen molar-refractivity contribution < 1.29 is 19.4 Å². The Bertz CT molecular complexity index is 1390. The standard InChI is InChI=1S/C29H31N5O4/c1-3-13-34-25-10-9-21(33-15-12-26(33)35)17-23(25)29(28(34)37)19(2)16-22(38-29)11-14-32-18-24(30-31-32)27(36)20-7-5-4-6-8-20/h3-10,17-19,22,27,36H,1,11-16H2,2H3/t19-,22+,27-,29+/m1/s1. The van der Waals surface area contributed by atoms with Crippen LogP contribution in [0.15, 0.2) is 67.4 Å². The fourth-order valence-corrected chi connectivity index (χ4v) is 5.93. The van der Waals surface area contributed by atoms with Gasteiger partial charge in [-0.1, -0.05) is 48.5 Å². The van der Waals surface area contributed by atoms with Crippen LogP contribution in [0.3, 0.4) is 0 Å². The molecule has 196 valence electrons. The third-order valence-corrected chi connectivity index (χ3v) is 8.00. The first-order valence-electron chi connectivity index (χ1n) is 13.1. The molecule has 3 aromatic rings. The van der Waals surface area contributed by atoms with Gasteiger partial charge in [-0.15, -0.1) is 11.7 Å². The van der Waals surface area contributed by atoms with Crippen LogP contribution in [0.25, 0.3) is 0 Å². The largest absolute Gasteiger partial charge is 0.382 e. The van der Waals surface area contributed by atoms with Gasteiger partial charge < -0.3 is 19.6 Å². The highest BCUT2D eigenvalue weighted by Gasteiger charge is 2.60. The second-order valence-corrected chi connectivity index (χ2v) is 10.3. The minimum Gasteiger partial charge on any atom is -0.382 e. The molecule has 0 bridgehead atoms. The molecule has 3 aliphatic heterocycles. The summed E-state index contributed by atoms with van der Waals surface area (Å²) in [5.74, 6) is -0.0419. The summed E-state index contributed by atoms with van der Waals surface area (Å²) < 4.78 is 8.37. The average Bonchev–Trinajstić information content (AvgIpc) is 3.59. The van der Waals surface area contributed by atoms with Crippen molar-refractivity contribution in [2.24, 2.45) is 5.92 Å². The smallest absolute Gasteiger partial charge is 0.264 e. The molecule has 0 unspecified atom stereocenters. The van der Waals surface area contributed by atoms with E-state index in [1.165, 1.54) is 0 Å². The third kappa shape index (κ3) is 3.85. The zero-order valence-corrected chi connectivity index (χ0v) is 21.4. The molecule has 3 aliphatic rings. The van der Waals surface area contributed by atoms with Crippen LogP contribution in [0.1, 0.15) is 49.1 Å². The van der Waals surface area contributed by atoms with Gasteiger partial charge in [-0.05, 0) is 36.6 Å². The van der Waals surface area contributed by atoms with E-state index in [1.54, 1.807) is 26.8 Å². The Labute approximate surface area is 221 Å². The lowest BCUT2D eigenvalue weighted by Crippen LogP contribution is -2.44. The first-order chi connectivity index (χ1) is 18.4. The molecule has 0 aliphatic carbocycles. The fourth-order valence-electron chi connectivity index (χ4n) is 5.93. The molecule has 6 rings (SSSR count). The van der Waals surface area contributed by atoms with Crippen molar-refractivity contribution in [3.8, 4) is 0 Å². The molecule has 38 heavy (non-hydrogen) atoms. The van der Waals surface area contributed by atoms with Gasteiger partial charge in [0, 0.05) is 43.2 Å². The molecule has 0 radical (unpaired) electrons. The molecule has 0 saturated carbocycles. The molecule has 9 heteroatoms. The topological polar surface area (TPSA) is 101 Å². The summed E-state index contributed by atoms with van der Waals surface area (Å²) in [7, 11) is 0. The Kier molecular flexibility index (Phi) is 6.12. The lowest BCUT2D eigenvalue weighted by molar-refractivity contribution is -0.145. The van der Waals surface area contributed by atoms with E-state index in [-0.39, 0.29) is 23.8 Å². The van der Waals surface area contributed by atoms with Crippen molar-refractivity contribution in [2.75, 3.05) is 22.9 Å². The SMILES string of the molecule is C=CCN1C(=O)[C@@]2(O[C@@H](CCn3cc([C@H](O)c4ccccc4)nn3)C[C@H]2C)c2cc(N3CCC3=O)ccc21. The van der Waals surface area contributed by atoms with Crippen molar-refractivity contribution in [2.45, 2.75) is 50.5 Å². The van der Waals surface area contributed by atoms with E-state index in [2.05, 4.69) is 23.8 Å². The number of hydrogen-bond donors (Lipinski definition) is 1. The number of carbonyl (C=O) groups excluding carboxylic acids is 2. The average molecular weight is 514 g/mol. The highest BCUT2D eigenvalue weighted by atomic mass is 16.5. The van der Waals surface area contributed by atoms with Crippen LogP contribution < -0.4 is 9.80 Å². The van der Waals surface area contributed by atoms with Crippen molar-refractivity contribution in [1.29, 1.82) is 0 Å². The highest BCUT2D eigenvalue weighted by molar-refractivity contribution is 6.09. The number of rotatable bonds is 8. The molecule has 1 spiro atoms. The van der Waals surface area contributed by atoms with Gasteiger partial charge in [0.1, 0.15) is 11.8 Å². The first kappa shape index (κ1) is 24.5. The first-order valence-corrected chi connectivity index (χ1v) is 13.1. The predicted molar refractivity (Wildman–Crippen MR) is 141 cm³/mol. The molecular formula is C29H31N5O4. The maximum Gasteiger partial charge on any atom is 0.264 e. The van der Waals surface area contributed by atoms with Gasteiger partial charge >= 0.3 is 0 Å². The molecule has 2 fully saturated rings. The normalized spacial score (nSPS) is 25.1. The maximum absolute atomic E-state index is 13.9. The zero-order chi connectivity index (χ0) is 26.4. The number of aryl methyl sites for hydroxylation is 1. The van der Waals surface area contributed by atoms with Crippen LogP contribution in [0.5, 0.6) is 0 Å². The van der Waals surface area contributed by atoms with Crippen LogP contribution in [-0.2, 0) is 26.5 Å². The molecule has 2 saturated heterocycles. The van der Waals surface area contributed by atoms with E-state index < -0.39 is 11.7 Å². The Morgan fingerprint density at radius 3 is 2.76 bits per heavy atom. The third-order valence-electron chi connectivity index (χ3n) is 8.00. The second kappa shape index (κ2) is 9.49. The second-order valence-electron chi connectivity index (χ2n) is 10.3. The van der Waals surface area contributed by atoms with E-state index in [9.17, 15) is 14.7 Å². The summed E-state index contributed by atoms with van der Waals surface area (Å²) in [5, 5.41) is 19.0. The molecule has 4 heterocycles. The summed E-state index contributed by atoms with van der Waals surface area (Å²) >= 11 is 0. The summed E-state index contributed by atoms with van der Waals surface area (Å²) in [6.45, 7) is 7.52. The lowest BCUT2D eigenvalue weighted by Gasteiger charge is -2.32. The van der Waals surface area contributed by atoms with Gasteiger partial charge in [-0.25, -0.2) is 0 Å². The lowest BCUT2D eigenvalue weighted by atomic mass is 9.82. The number of benzene rings is 2. The summed E-state index contributed by atoms with van der Waals surface area (Å²) in [4.78, 5) is 29.5. The van der Waals surface area contributed by atoms with Gasteiger partial charge in [-0.3, -0.25) is 14.3 Å². The number of aliphatic hydroxyl groups is 1. The number of anilines is 2. The number of nitrogens with zero attached hydrogens (tertiary/aromatic N) is 5. The van der Waals surface area contributed by atoms with Crippen molar-refractivity contribution in [3.63, 3.8) is 0 Å². The fraction of sp³-hybridized carbons (Fsp3) is 0.379. The van der Waals surface area contributed by atoms with E-state index in [0.717, 1.165) is 22.5 Å². The zero-order valence-electron chi connectivity index (χ0n) is 21.4. The Morgan fingerprint density at radius 1 is 1.24 bits per heavy atom. The van der Waals surface area contributed by atoms with Gasteiger partial charge in [0.05, 0.1) is 18.0 Å². The quantitative estimate of drug-likeness (QED) is 0.366. The van der Waals surface area contributed by atoms with Crippen molar-refractivity contribution in [3.05, 3.63) is 84.2 Å². The number of hydrogen-bond acceptors (Lipinski definition) is 6. The summed E-state index contributed by atoms with van der Waals surface area (Å²) in [5.41, 5.74) is 2.60. The Balaban J connectivity index is 1.21. The summed E-state index contributed by atoms with van der Waals surface area (Å²) in [6, 6.07) is 15.1. The minimum absolute atomic E-state index is 0.0536. The van der Waals surface area contributed by atoms with Gasteiger partial charge in [0.2, 0.25) is 5.91 Å². The summed E-state index contributed by atoms with van der Waals surface area (Å²) in [6.07, 6.45) is 4.38. The molecule has 1 N–H and O–H groups in total. The van der Waals surface area contributed by atoms with Crippen LogP contribution >= 0.6 is 0 Å². The van der Waals surface area contributed by atoms with Crippen molar-refractivity contribution >= 4 is 23.2 Å². The number of carbonyl (C=O) groups is 2. The molecule has 2 amide bonds. The number of fused-ring (bicyclic) bond motifs is 2. The van der Waals surface area contributed by atoms with Crippen LogP contribution in [0, 0.1) is 5.92 Å². The van der Waals surface area contributed by atoms with Gasteiger partial charge in [0.15, 0.2) is 5.60 Å². The van der Waals surface area contributed by atoms with Crippen LogP contribution in [-0.4, -0.2) is 51.1 Å². The Hall–Kier alpha value is -3.82. The Morgan fingerprint density at radius 2 is 2.05 bits per heavy atom. The van der Waals surface area contributed by atoms with Crippen LogP contribution in [0.2, 0.25) is 0 Å². The van der Waals surface area contributed by atoms with E-state index >= 15 is 0 Å². The van der Waals surface area contributed by atoms with Gasteiger partial charge in [0.25, 0.3) is 5.91 Å². The number of amides is 2. The predicted octanol–water partition coefficient (Wildman–Crippen LogP) is 3.34. The number of ether oxygens (including phenoxy) is 1. The maximum atomic E-state index is 13.9.